The number of hydrogen-bond donors (Lipinski definition) is 2. The van der Waals surface area contributed by atoms with Gasteiger partial charge in [-0.15, -0.1) is 34.2 Å². The molecule has 0 bridgehead atoms. The van der Waals surface area contributed by atoms with E-state index in [2.05, 4.69) is 27.8 Å². The van der Waals surface area contributed by atoms with E-state index in [9.17, 15) is 0 Å². The van der Waals surface area contributed by atoms with Crippen LogP contribution in [-0.4, -0.2) is 45.5 Å². The molecule has 30 heavy (non-hydrogen) atoms. The number of nitrogens with one attached hydrogen (secondary N) is 2. The van der Waals surface area contributed by atoms with Crippen LogP contribution >= 0.6 is 24.0 Å². The summed E-state index contributed by atoms with van der Waals surface area (Å²) in [4.78, 5) is 4.94. The van der Waals surface area contributed by atoms with Gasteiger partial charge in [-0.05, 0) is 46.0 Å². The first kappa shape index (κ1) is 23.8. The number of aryl methyl sites for hydroxylation is 1. The van der Waals surface area contributed by atoms with E-state index < -0.39 is 0 Å². The average molecular weight is 530 g/mol. The van der Waals surface area contributed by atoms with Crippen molar-refractivity contribution in [3.05, 3.63) is 11.6 Å². The van der Waals surface area contributed by atoms with Crippen LogP contribution in [0.15, 0.2) is 4.99 Å². The van der Waals surface area contributed by atoms with Crippen LogP contribution in [0.2, 0.25) is 0 Å². The van der Waals surface area contributed by atoms with Crippen LogP contribution in [0, 0.1) is 12.3 Å². The zero-order chi connectivity index (χ0) is 20.3. The van der Waals surface area contributed by atoms with E-state index in [-0.39, 0.29) is 24.0 Å². The molecule has 0 amide bonds. The first-order valence-electron chi connectivity index (χ1n) is 11.7. The van der Waals surface area contributed by atoms with Gasteiger partial charge in [0.1, 0.15) is 12.4 Å². The van der Waals surface area contributed by atoms with Gasteiger partial charge in [0, 0.05) is 31.2 Å². The second kappa shape index (κ2) is 10.6. The Kier molecular flexibility index (Phi) is 8.40. The van der Waals surface area contributed by atoms with Crippen LogP contribution in [0.1, 0.15) is 82.8 Å². The summed E-state index contributed by atoms with van der Waals surface area (Å²) in [6.45, 7) is 5.45. The van der Waals surface area contributed by atoms with Crippen molar-refractivity contribution in [1.82, 2.24) is 25.4 Å². The molecule has 1 spiro atoms. The van der Waals surface area contributed by atoms with Gasteiger partial charge in [0.15, 0.2) is 11.8 Å². The fraction of sp³-hybridized carbons (Fsp3) is 0.864. The molecule has 3 saturated carbocycles. The molecule has 2 atom stereocenters. The maximum Gasteiger partial charge on any atom is 0.192 e. The summed E-state index contributed by atoms with van der Waals surface area (Å²) in [6, 6.07) is 0.983. The zero-order valence-electron chi connectivity index (χ0n) is 18.8. The van der Waals surface area contributed by atoms with Crippen molar-refractivity contribution in [2.24, 2.45) is 17.5 Å². The second-order valence-corrected chi connectivity index (χ2v) is 9.18. The summed E-state index contributed by atoms with van der Waals surface area (Å²) in [7, 11) is 2.01. The number of rotatable bonds is 6. The lowest BCUT2D eigenvalue weighted by Gasteiger charge is -2.54. The normalized spacial score (nSPS) is 26.3. The van der Waals surface area contributed by atoms with Gasteiger partial charge in [-0.1, -0.05) is 32.1 Å². The van der Waals surface area contributed by atoms with Crippen LogP contribution in [0.4, 0.5) is 0 Å². The van der Waals surface area contributed by atoms with Crippen molar-refractivity contribution in [2.45, 2.75) is 103 Å². The van der Waals surface area contributed by atoms with Crippen molar-refractivity contribution < 1.29 is 4.74 Å². The van der Waals surface area contributed by atoms with Gasteiger partial charge in [-0.25, -0.2) is 4.99 Å². The molecular formula is C22H39IN6O. The molecule has 0 radical (unpaired) electrons. The highest BCUT2D eigenvalue weighted by Gasteiger charge is 2.57. The molecule has 3 aliphatic rings. The maximum atomic E-state index is 6.10. The number of hydrogen-bond acceptors (Lipinski definition) is 4. The van der Waals surface area contributed by atoms with Gasteiger partial charge in [-0.2, -0.15) is 0 Å². The zero-order valence-corrected chi connectivity index (χ0v) is 21.2. The van der Waals surface area contributed by atoms with Crippen LogP contribution in [0.3, 0.4) is 0 Å². The van der Waals surface area contributed by atoms with Gasteiger partial charge in [0.25, 0.3) is 0 Å². The Morgan fingerprint density at radius 3 is 2.50 bits per heavy atom. The summed E-state index contributed by atoms with van der Waals surface area (Å²) in [5.74, 6) is 2.78. The Hall–Kier alpha value is -0.900. The molecule has 7 nitrogen and oxygen atoms in total. The van der Waals surface area contributed by atoms with E-state index in [0.29, 0.717) is 30.1 Å². The number of aromatic nitrogens is 3. The van der Waals surface area contributed by atoms with Gasteiger partial charge < -0.3 is 19.9 Å². The molecule has 3 fully saturated rings. The van der Waals surface area contributed by atoms with Crippen LogP contribution < -0.4 is 10.6 Å². The van der Waals surface area contributed by atoms with Crippen molar-refractivity contribution in [3.63, 3.8) is 0 Å². The van der Waals surface area contributed by atoms with Gasteiger partial charge in [0.2, 0.25) is 0 Å². The van der Waals surface area contributed by atoms with Crippen molar-refractivity contribution in [3.8, 4) is 0 Å². The predicted molar refractivity (Wildman–Crippen MR) is 130 cm³/mol. The van der Waals surface area contributed by atoms with Crippen molar-refractivity contribution >= 4 is 29.9 Å². The Morgan fingerprint density at radius 1 is 1.13 bits per heavy atom. The first-order valence-corrected chi connectivity index (χ1v) is 11.7. The third kappa shape index (κ3) is 4.95. The van der Waals surface area contributed by atoms with Gasteiger partial charge >= 0.3 is 0 Å². The molecule has 0 saturated heterocycles. The molecule has 1 heterocycles. The molecule has 0 aromatic carbocycles. The van der Waals surface area contributed by atoms with E-state index in [4.69, 9.17) is 9.73 Å². The van der Waals surface area contributed by atoms with Gasteiger partial charge in [-0.3, -0.25) is 0 Å². The lowest BCUT2D eigenvalue weighted by atomic mass is 9.60. The van der Waals surface area contributed by atoms with E-state index in [1.54, 1.807) is 0 Å². The molecule has 8 heteroatoms. The third-order valence-corrected chi connectivity index (χ3v) is 7.51. The molecule has 4 rings (SSSR count). The minimum Gasteiger partial charge on any atom is -0.378 e. The molecule has 1 aromatic heterocycles. The van der Waals surface area contributed by atoms with Crippen molar-refractivity contribution in [1.29, 1.82) is 0 Å². The molecule has 1 aromatic rings. The summed E-state index contributed by atoms with van der Waals surface area (Å²) in [5, 5.41) is 16.0. The fourth-order valence-electron chi connectivity index (χ4n) is 5.57. The summed E-state index contributed by atoms with van der Waals surface area (Å²) < 4.78 is 8.13. The highest BCUT2D eigenvalue weighted by Crippen LogP contribution is 2.54. The molecule has 0 aliphatic heterocycles. The fourth-order valence-corrected chi connectivity index (χ4v) is 5.57. The number of ether oxygens (including phenoxy) is 1. The summed E-state index contributed by atoms with van der Waals surface area (Å²) in [6.07, 6.45) is 13.1. The van der Waals surface area contributed by atoms with Gasteiger partial charge in [0.05, 0.1) is 6.10 Å². The van der Waals surface area contributed by atoms with Crippen LogP contribution in [0.5, 0.6) is 0 Å². The number of nitrogens with zero attached hydrogens (tertiary/aromatic N) is 4. The minimum atomic E-state index is 0. The van der Waals surface area contributed by atoms with Crippen molar-refractivity contribution in [2.75, 3.05) is 6.61 Å². The molecular weight excluding hydrogens is 491 g/mol. The lowest BCUT2D eigenvalue weighted by molar-refractivity contribution is -0.125. The maximum absolute atomic E-state index is 6.10. The lowest BCUT2D eigenvalue weighted by Crippen LogP contribution is -2.65. The standard InChI is InChI=1S/C22H38N6O.HI/c1-4-29-19-14-18(22(19)12-8-9-13-22)25-21(24-17-10-6-5-7-11-17)23-15-20-27-26-16(2)28(20)3;/h17-19H,4-15H2,1-3H3,(H2,23,24,25);1H. The summed E-state index contributed by atoms with van der Waals surface area (Å²) in [5.41, 5.74) is 0.298. The first-order chi connectivity index (χ1) is 14.1. The topological polar surface area (TPSA) is 76.4 Å². The molecule has 3 aliphatic carbocycles. The minimum absolute atomic E-state index is 0. The largest absolute Gasteiger partial charge is 0.378 e. The Labute approximate surface area is 198 Å². The Morgan fingerprint density at radius 2 is 1.87 bits per heavy atom. The summed E-state index contributed by atoms with van der Waals surface area (Å²) >= 11 is 0. The monoisotopic (exact) mass is 530 g/mol. The number of halogens is 1. The predicted octanol–water partition coefficient (Wildman–Crippen LogP) is 3.85. The van der Waals surface area contributed by atoms with E-state index in [0.717, 1.165) is 30.6 Å². The molecule has 170 valence electrons. The second-order valence-electron chi connectivity index (χ2n) is 9.18. The number of guanidine groups is 1. The van der Waals surface area contributed by atoms with E-state index >= 15 is 0 Å². The Balaban J connectivity index is 0.00000256. The smallest absolute Gasteiger partial charge is 0.192 e. The third-order valence-electron chi connectivity index (χ3n) is 7.51. The van der Waals surface area contributed by atoms with Crippen LogP contribution in [0.25, 0.3) is 0 Å². The van der Waals surface area contributed by atoms with E-state index in [1.165, 1.54) is 57.8 Å². The molecule has 2 unspecified atom stereocenters. The average Bonchev–Trinajstić information content (AvgIpc) is 3.36. The van der Waals surface area contributed by atoms with E-state index in [1.807, 2.05) is 18.5 Å². The Bertz CT molecular complexity index is 708. The molecule has 2 N–H and O–H groups in total. The highest BCUT2D eigenvalue weighted by atomic mass is 127. The van der Waals surface area contributed by atoms with Crippen LogP contribution in [-0.2, 0) is 18.3 Å². The number of aliphatic imine (C=N–C) groups is 1. The SMILES string of the molecule is CCOC1CC(NC(=NCc2nnc(C)n2C)NC2CCCCC2)C12CCCC2.I. The quantitative estimate of drug-likeness (QED) is 0.332. The highest BCUT2D eigenvalue weighted by molar-refractivity contribution is 14.0.